The van der Waals surface area contributed by atoms with Crippen molar-refractivity contribution in [3.63, 3.8) is 0 Å². The number of aromatic nitrogens is 2. The van der Waals surface area contributed by atoms with E-state index in [0.29, 0.717) is 21.2 Å². The number of anilines is 1. The van der Waals surface area contributed by atoms with E-state index >= 15 is 0 Å². The van der Waals surface area contributed by atoms with Crippen LogP contribution in [0.25, 0.3) is 11.0 Å². The van der Waals surface area contributed by atoms with Crippen molar-refractivity contribution in [2.45, 2.75) is 0 Å². The molecule has 2 aromatic rings. The highest BCUT2D eigenvalue weighted by atomic mass is 79.9. The number of nitrogens with zero attached hydrogens (tertiary/aromatic N) is 3. The molecule has 90 valence electrons. The topological polar surface area (TPSA) is 63.2 Å². The van der Waals surface area contributed by atoms with Crippen LogP contribution in [0, 0.1) is 0 Å². The third kappa shape index (κ3) is 2.25. The van der Waals surface area contributed by atoms with Gasteiger partial charge in [-0.25, -0.2) is 8.42 Å². The van der Waals surface area contributed by atoms with E-state index in [1.165, 1.54) is 17.5 Å². The summed E-state index contributed by atoms with van der Waals surface area (Å²) < 4.78 is 25.0. The third-order valence-electron chi connectivity index (χ3n) is 2.38. The van der Waals surface area contributed by atoms with Crippen LogP contribution in [0.3, 0.4) is 0 Å². The first-order valence-corrected chi connectivity index (χ1v) is 7.38. The second kappa shape index (κ2) is 4.23. The van der Waals surface area contributed by atoms with E-state index in [-0.39, 0.29) is 0 Å². The molecule has 0 atom stereocenters. The Labute approximate surface area is 108 Å². The molecule has 0 aliphatic carbocycles. The first-order chi connectivity index (χ1) is 7.91. The number of hydrogen-bond acceptors (Lipinski definition) is 4. The minimum atomic E-state index is -3.33. The van der Waals surface area contributed by atoms with Crippen molar-refractivity contribution >= 4 is 42.7 Å². The molecule has 0 amide bonds. The van der Waals surface area contributed by atoms with E-state index in [1.807, 2.05) is 0 Å². The Kier molecular flexibility index (Phi) is 3.05. The van der Waals surface area contributed by atoms with Crippen molar-refractivity contribution in [3.05, 3.63) is 29.0 Å². The van der Waals surface area contributed by atoms with Gasteiger partial charge in [0.05, 0.1) is 17.5 Å². The largest absolute Gasteiger partial charge is 0.270 e. The number of fused-ring (bicyclic) bond motifs is 1. The lowest BCUT2D eigenvalue weighted by atomic mass is 10.2. The van der Waals surface area contributed by atoms with Gasteiger partial charge in [0.25, 0.3) is 0 Å². The lowest BCUT2D eigenvalue weighted by molar-refractivity contribution is 0.600. The fourth-order valence-corrected chi connectivity index (χ4v) is 2.68. The number of halogens is 1. The van der Waals surface area contributed by atoms with E-state index in [0.717, 1.165) is 6.26 Å². The molecule has 2 rings (SSSR count). The standard InChI is InChI=1S/C10H10BrN3O2S/c1-14(17(2,15)16)10-7(11)3-4-8-9(10)13-6-5-12-8/h3-6H,1-2H3. The van der Waals surface area contributed by atoms with E-state index in [2.05, 4.69) is 25.9 Å². The highest BCUT2D eigenvalue weighted by Gasteiger charge is 2.18. The maximum Gasteiger partial charge on any atom is 0.232 e. The molecule has 0 spiro atoms. The van der Waals surface area contributed by atoms with Gasteiger partial charge in [0, 0.05) is 23.9 Å². The minimum absolute atomic E-state index is 0.498. The van der Waals surface area contributed by atoms with Gasteiger partial charge in [0.1, 0.15) is 5.52 Å². The molecular weight excluding hydrogens is 306 g/mol. The number of benzene rings is 1. The van der Waals surface area contributed by atoms with Crippen LogP contribution >= 0.6 is 15.9 Å². The SMILES string of the molecule is CN(c1c(Br)ccc2nccnc12)S(C)(=O)=O. The quantitative estimate of drug-likeness (QED) is 0.847. The van der Waals surface area contributed by atoms with Crippen molar-refractivity contribution in [3.8, 4) is 0 Å². The van der Waals surface area contributed by atoms with Gasteiger partial charge in [-0.15, -0.1) is 0 Å². The Morgan fingerprint density at radius 3 is 2.53 bits per heavy atom. The van der Waals surface area contributed by atoms with E-state index in [9.17, 15) is 8.42 Å². The molecule has 5 nitrogen and oxygen atoms in total. The van der Waals surface area contributed by atoms with Gasteiger partial charge in [-0.3, -0.25) is 14.3 Å². The fraction of sp³-hybridized carbons (Fsp3) is 0.200. The molecule has 0 unspecified atom stereocenters. The number of sulfonamides is 1. The molecule has 1 aromatic heterocycles. The summed E-state index contributed by atoms with van der Waals surface area (Å²) in [5, 5.41) is 0. The molecule has 0 saturated heterocycles. The second-order valence-corrected chi connectivity index (χ2v) is 6.42. The molecule has 1 heterocycles. The van der Waals surface area contributed by atoms with Crippen molar-refractivity contribution in [2.75, 3.05) is 17.6 Å². The molecule has 17 heavy (non-hydrogen) atoms. The fourth-order valence-electron chi connectivity index (χ4n) is 1.46. The van der Waals surface area contributed by atoms with E-state index < -0.39 is 10.0 Å². The van der Waals surface area contributed by atoms with Gasteiger partial charge < -0.3 is 0 Å². The monoisotopic (exact) mass is 315 g/mol. The predicted octanol–water partition coefficient (Wildman–Crippen LogP) is 1.79. The molecule has 0 aliphatic rings. The highest BCUT2D eigenvalue weighted by Crippen LogP contribution is 2.32. The molecule has 0 fully saturated rings. The maximum atomic E-state index is 11.6. The average Bonchev–Trinajstić information content (AvgIpc) is 2.27. The highest BCUT2D eigenvalue weighted by molar-refractivity contribution is 9.10. The molecule has 0 saturated carbocycles. The van der Waals surface area contributed by atoms with Crippen molar-refractivity contribution in [2.24, 2.45) is 0 Å². The van der Waals surface area contributed by atoms with Gasteiger partial charge >= 0.3 is 0 Å². The van der Waals surface area contributed by atoms with Crippen LogP contribution in [-0.2, 0) is 10.0 Å². The van der Waals surface area contributed by atoms with Gasteiger partial charge in [-0.05, 0) is 28.1 Å². The van der Waals surface area contributed by atoms with E-state index in [4.69, 9.17) is 0 Å². The smallest absolute Gasteiger partial charge is 0.232 e. The lowest BCUT2D eigenvalue weighted by Gasteiger charge is -2.19. The summed E-state index contributed by atoms with van der Waals surface area (Å²) in [7, 11) is -1.84. The first-order valence-electron chi connectivity index (χ1n) is 4.74. The van der Waals surface area contributed by atoms with Crippen LogP contribution in [-0.4, -0.2) is 31.7 Å². The summed E-state index contributed by atoms with van der Waals surface area (Å²) in [4.78, 5) is 8.32. The zero-order chi connectivity index (χ0) is 12.6. The third-order valence-corrected chi connectivity index (χ3v) is 4.19. The molecule has 0 bridgehead atoms. The van der Waals surface area contributed by atoms with Gasteiger partial charge in [0.15, 0.2) is 0 Å². The van der Waals surface area contributed by atoms with Gasteiger partial charge in [0.2, 0.25) is 10.0 Å². The van der Waals surface area contributed by atoms with Gasteiger partial charge in [-0.2, -0.15) is 0 Å². The molecule has 0 aliphatic heterocycles. The van der Waals surface area contributed by atoms with Crippen LogP contribution in [0.1, 0.15) is 0 Å². The zero-order valence-corrected chi connectivity index (χ0v) is 11.7. The second-order valence-electron chi connectivity index (χ2n) is 3.55. The summed E-state index contributed by atoms with van der Waals surface area (Å²) >= 11 is 3.34. The molecule has 0 N–H and O–H groups in total. The Bertz CT molecular complexity index is 672. The van der Waals surface area contributed by atoms with E-state index in [1.54, 1.807) is 18.3 Å². The predicted molar refractivity (Wildman–Crippen MR) is 70.5 cm³/mol. The molecular formula is C10H10BrN3O2S. The normalized spacial score (nSPS) is 11.7. The number of hydrogen-bond donors (Lipinski definition) is 0. The Balaban J connectivity index is 2.80. The van der Waals surface area contributed by atoms with Crippen molar-refractivity contribution in [1.82, 2.24) is 9.97 Å². The van der Waals surface area contributed by atoms with Crippen LogP contribution in [0.15, 0.2) is 29.0 Å². The van der Waals surface area contributed by atoms with Crippen molar-refractivity contribution in [1.29, 1.82) is 0 Å². The van der Waals surface area contributed by atoms with Crippen LogP contribution < -0.4 is 4.31 Å². The molecule has 0 radical (unpaired) electrons. The summed E-state index contributed by atoms with van der Waals surface area (Å²) in [6.07, 6.45) is 4.25. The van der Waals surface area contributed by atoms with Gasteiger partial charge in [-0.1, -0.05) is 0 Å². The zero-order valence-electron chi connectivity index (χ0n) is 9.25. The Morgan fingerprint density at radius 1 is 1.24 bits per heavy atom. The Morgan fingerprint density at radius 2 is 1.88 bits per heavy atom. The summed E-state index contributed by atoms with van der Waals surface area (Å²) in [5.74, 6) is 0. The molecule has 1 aromatic carbocycles. The lowest BCUT2D eigenvalue weighted by Crippen LogP contribution is -2.25. The van der Waals surface area contributed by atoms with Crippen LogP contribution in [0.5, 0.6) is 0 Å². The maximum absolute atomic E-state index is 11.6. The van der Waals surface area contributed by atoms with Crippen molar-refractivity contribution < 1.29 is 8.42 Å². The molecule has 7 heteroatoms. The number of rotatable bonds is 2. The summed E-state index contributed by atoms with van der Waals surface area (Å²) in [5.41, 5.74) is 1.70. The Hall–Kier alpha value is -1.21. The average molecular weight is 316 g/mol. The van der Waals surface area contributed by atoms with Crippen LogP contribution in [0.4, 0.5) is 5.69 Å². The summed E-state index contributed by atoms with van der Waals surface area (Å²) in [6, 6.07) is 3.54. The summed E-state index contributed by atoms with van der Waals surface area (Å²) in [6.45, 7) is 0. The minimum Gasteiger partial charge on any atom is -0.270 e. The van der Waals surface area contributed by atoms with Crippen LogP contribution in [0.2, 0.25) is 0 Å². The first kappa shape index (κ1) is 12.3.